The zero-order chi connectivity index (χ0) is 10.7. The molecule has 0 aliphatic rings. The highest BCUT2D eigenvalue weighted by atomic mass is 35.5. The van der Waals surface area contributed by atoms with Crippen molar-refractivity contribution in [2.45, 2.75) is 40.2 Å². The van der Waals surface area contributed by atoms with Crippen molar-refractivity contribution in [2.24, 2.45) is 11.7 Å². The lowest BCUT2D eigenvalue weighted by Gasteiger charge is -2.19. The van der Waals surface area contributed by atoms with Crippen LogP contribution in [0.5, 0.6) is 0 Å². The van der Waals surface area contributed by atoms with Crippen molar-refractivity contribution in [1.29, 1.82) is 0 Å². The molecule has 86 valence electrons. The van der Waals surface area contributed by atoms with E-state index < -0.39 is 0 Å². The number of nitrogens with two attached hydrogens (primary N) is 1. The van der Waals surface area contributed by atoms with Gasteiger partial charge < -0.3 is 5.73 Å². The van der Waals surface area contributed by atoms with Crippen molar-refractivity contribution in [3.63, 3.8) is 0 Å². The first kappa shape index (κ1) is 14.5. The third-order valence-corrected chi connectivity index (χ3v) is 2.64. The number of halogens is 1. The molecule has 0 saturated heterocycles. The van der Waals surface area contributed by atoms with Crippen molar-refractivity contribution in [2.75, 3.05) is 0 Å². The van der Waals surface area contributed by atoms with Crippen LogP contribution < -0.4 is 5.73 Å². The fraction of sp³-hybridized carbons (Fsp3) is 0.538. The monoisotopic (exact) mass is 227 g/mol. The molecule has 0 aromatic heterocycles. The predicted octanol–water partition coefficient (Wildman–Crippen LogP) is 3.77. The van der Waals surface area contributed by atoms with E-state index in [9.17, 15) is 0 Å². The minimum absolute atomic E-state index is 0. The maximum Gasteiger partial charge on any atom is 0.0302 e. The van der Waals surface area contributed by atoms with Gasteiger partial charge in [0.2, 0.25) is 0 Å². The maximum absolute atomic E-state index is 6.20. The van der Waals surface area contributed by atoms with Crippen molar-refractivity contribution in [1.82, 2.24) is 0 Å². The van der Waals surface area contributed by atoms with Crippen LogP contribution in [0.1, 0.15) is 43.0 Å². The van der Waals surface area contributed by atoms with Crippen molar-refractivity contribution in [3.05, 3.63) is 34.9 Å². The summed E-state index contributed by atoms with van der Waals surface area (Å²) < 4.78 is 0. The van der Waals surface area contributed by atoms with Gasteiger partial charge in [0.25, 0.3) is 0 Å². The SMILES string of the molecule is Cc1cccc(C)c1[C@@H](N)CC(C)C.Cl. The fourth-order valence-corrected chi connectivity index (χ4v) is 2.04. The Morgan fingerprint density at radius 1 is 1.13 bits per heavy atom. The van der Waals surface area contributed by atoms with Crippen LogP contribution in [0.25, 0.3) is 0 Å². The van der Waals surface area contributed by atoms with E-state index in [1.165, 1.54) is 16.7 Å². The Bertz CT molecular complexity index is 287. The van der Waals surface area contributed by atoms with Gasteiger partial charge in [-0.2, -0.15) is 0 Å². The van der Waals surface area contributed by atoms with Crippen molar-refractivity contribution in [3.8, 4) is 0 Å². The zero-order valence-electron chi connectivity index (χ0n) is 10.1. The lowest BCUT2D eigenvalue weighted by molar-refractivity contribution is 0.507. The van der Waals surface area contributed by atoms with E-state index in [0.717, 1.165) is 6.42 Å². The average Bonchev–Trinajstić information content (AvgIpc) is 2.01. The summed E-state index contributed by atoms with van der Waals surface area (Å²) in [5, 5.41) is 0. The summed E-state index contributed by atoms with van der Waals surface area (Å²) in [7, 11) is 0. The fourth-order valence-electron chi connectivity index (χ4n) is 2.04. The summed E-state index contributed by atoms with van der Waals surface area (Å²) in [5.74, 6) is 0.656. The van der Waals surface area contributed by atoms with Gasteiger partial charge >= 0.3 is 0 Å². The van der Waals surface area contributed by atoms with Gasteiger partial charge in [0, 0.05) is 6.04 Å². The Labute approximate surface area is 99.5 Å². The van der Waals surface area contributed by atoms with Crippen LogP contribution in [0.4, 0.5) is 0 Å². The highest BCUT2D eigenvalue weighted by Gasteiger charge is 2.12. The molecule has 0 spiro atoms. The summed E-state index contributed by atoms with van der Waals surface area (Å²) in [5.41, 5.74) is 10.2. The molecule has 0 bridgehead atoms. The number of hydrogen-bond donors (Lipinski definition) is 1. The molecule has 0 fully saturated rings. The molecule has 15 heavy (non-hydrogen) atoms. The first-order chi connectivity index (χ1) is 6.52. The Kier molecular flexibility index (Phi) is 5.92. The molecule has 0 amide bonds. The summed E-state index contributed by atoms with van der Waals surface area (Å²) >= 11 is 0. The molecule has 1 atom stereocenters. The predicted molar refractivity (Wildman–Crippen MR) is 69.5 cm³/mol. The van der Waals surface area contributed by atoms with Crippen LogP contribution in [-0.2, 0) is 0 Å². The van der Waals surface area contributed by atoms with E-state index in [0.29, 0.717) is 5.92 Å². The van der Waals surface area contributed by atoms with Crippen LogP contribution >= 0.6 is 12.4 Å². The van der Waals surface area contributed by atoms with E-state index in [2.05, 4.69) is 45.9 Å². The molecule has 2 N–H and O–H groups in total. The van der Waals surface area contributed by atoms with Gasteiger partial charge in [-0.05, 0) is 42.9 Å². The van der Waals surface area contributed by atoms with E-state index >= 15 is 0 Å². The lowest BCUT2D eigenvalue weighted by atomic mass is 9.91. The number of aryl methyl sites for hydroxylation is 2. The van der Waals surface area contributed by atoms with E-state index in [-0.39, 0.29) is 18.4 Å². The Balaban J connectivity index is 0.00000196. The molecule has 0 aliphatic heterocycles. The van der Waals surface area contributed by atoms with Gasteiger partial charge in [-0.25, -0.2) is 0 Å². The standard InChI is InChI=1S/C13H21N.ClH/c1-9(2)8-12(14)13-10(3)6-5-7-11(13)4;/h5-7,9,12H,8,14H2,1-4H3;1H/t12-;/m0./s1. The van der Waals surface area contributed by atoms with Gasteiger partial charge in [0.1, 0.15) is 0 Å². The Morgan fingerprint density at radius 2 is 1.60 bits per heavy atom. The molecule has 2 heteroatoms. The number of rotatable bonds is 3. The smallest absolute Gasteiger partial charge is 0.0302 e. The van der Waals surface area contributed by atoms with Crippen LogP contribution in [0, 0.1) is 19.8 Å². The third-order valence-electron chi connectivity index (χ3n) is 2.64. The minimum atomic E-state index is 0. The molecular formula is C13H22ClN. The van der Waals surface area contributed by atoms with Crippen molar-refractivity contribution < 1.29 is 0 Å². The van der Waals surface area contributed by atoms with Crippen LogP contribution in [-0.4, -0.2) is 0 Å². The summed E-state index contributed by atoms with van der Waals surface area (Å²) in [6.45, 7) is 8.71. The second-order valence-corrected chi connectivity index (χ2v) is 4.54. The largest absolute Gasteiger partial charge is 0.324 e. The third kappa shape index (κ3) is 3.84. The molecule has 0 radical (unpaired) electrons. The topological polar surface area (TPSA) is 26.0 Å². The highest BCUT2D eigenvalue weighted by Crippen LogP contribution is 2.24. The van der Waals surface area contributed by atoms with Crippen LogP contribution in [0.2, 0.25) is 0 Å². The lowest BCUT2D eigenvalue weighted by Crippen LogP contribution is -2.15. The van der Waals surface area contributed by atoms with Gasteiger partial charge in [-0.3, -0.25) is 0 Å². The quantitative estimate of drug-likeness (QED) is 0.836. The second-order valence-electron chi connectivity index (χ2n) is 4.54. The number of hydrogen-bond acceptors (Lipinski definition) is 1. The van der Waals surface area contributed by atoms with E-state index in [4.69, 9.17) is 5.73 Å². The summed E-state index contributed by atoms with van der Waals surface area (Å²) in [6.07, 6.45) is 1.06. The number of benzene rings is 1. The Hall–Kier alpha value is -0.530. The van der Waals surface area contributed by atoms with Crippen molar-refractivity contribution >= 4 is 12.4 Å². The first-order valence-corrected chi connectivity index (χ1v) is 5.34. The second kappa shape index (κ2) is 6.14. The average molecular weight is 228 g/mol. The molecule has 0 aliphatic carbocycles. The van der Waals surface area contributed by atoms with Gasteiger partial charge in [-0.1, -0.05) is 32.0 Å². The van der Waals surface area contributed by atoms with Crippen LogP contribution in [0.15, 0.2) is 18.2 Å². The van der Waals surface area contributed by atoms with E-state index in [1.807, 2.05) is 0 Å². The Morgan fingerprint density at radius 3 is 2.00 bits per heavy atom. The molecule has 1 aromatic carbocycles. The highest BCUT2D eigenvalue weighted by molar-refractivity contribution is 5.85. The molecule has 1 nitrogen and oxygen atoms in total. The zero-order valence-corrected chi connectivity index (χ0v) is 10.9. The maximum atomic E-state index is 6.20. The molecular weight excluding hydrogens is 206 g/mol. The van der Waals surface area contributed by atoms with Crippen LogP contribution in [0.3, 0.4) is 0 Å². The van der Waals surface area contributed by atoms with E-state index in [1.54, 1.807) is 0 Å². The first-order valence-electron chi connectivity index (χ1n) is 5.34. The summed E-state index contributed by atoms with van der Waals surface area (Å²) in [6, 6.07) is 6.57. The van der Waals surface area contributed by atoms with Gasteiger partial charge in [0.15, 0.2) is 0 Å². The molecule has 1 aromatic rings. The molecule has 0 heterocycles. The molecule has 0 saturated carbocycles. The molecule has 0 unspecified atom stereocenters. The summed E-state index contributed by atoms with van der Waals surface area (Å²) in [4.78, 5) is 0. The van der Waals surface area contributed by atoms with Gasteiger partial charge in [-0.15, -0.1) is 12.4 Å². The minimum Gasteiger partial charge on any atom is -0.324 e. The normalized spacial score (nSPS) is 12.4. The van der Waals surface area contributed by atoms with Gasteiger partial charge in [0.05, 0.1) is 0 Å². The molecule has 1 rings (SSSR count).